The lowest BCUT2D eigenvalue weighted by Crippen LogP contribution is -2.22. The maximum absolute atomic E-state index is 13.2. The van der Waals surface area contributed by atoms with Gasteiger partial charge in [-0.1, -0.05) is 74.6 Å². The van der Waals surface area contributed by atoms with Crippen molar-refractivity contribution in [3.05, 3.63) is 90.4 Å². The molecule has 63 heavy (non-hydrogen) atoms. The van der Waals surface area contributed by atoms with Crippen LogP contribution in [0.2, 0.25) is 72.0 Å². The first-order valence-electron chi connectivity index (χ1n) is 20.8. The van der Waals surface area contributed by atoms with Crippen molar-refractivity contribution in [1.29, 1.82) is 0 Å². The highest BCUT2D eigenvalue weighted by molar-refractivity contribution is 6.76. The van der Waals surface area contributed by atoms with Gasteiger partial charge in [-0.3, -0.25) is 28.5 Å². The van der Waals surface area contributed by atoms with Crippen molar-refractivity contribution in [3.63, 3.8) is 0 Å². The van der Waals surface area contributed by atoms with Crippen molar-refractivity contribution >= 4 is 106 Å². The van der Waals surface area contributed by atoms with Crippen LogP contribution in [0.1, 0.15) is 13.8 Å². The average Bonchev–Trinajstić information content (AvgIpc) is 4.01. The van der Waals surface area contributed by atoms with Crippen LogP contribution in [-0.2, 0) is 43.1 Å². The summed E-state index contributed by atoms with van der Waals surface area (Å²) in [5.41, 5.74) is 4.92. The molecule has 0 radical (unpaired) electrons. The quantitative estimate of drug-likeness (QED) is 0.0644. The number of halogens is 4. The van der Waals surface area contributed by atoms with Crippen LogP contribution in [0.4, 0.5) is 0 Å². The Morgan fingerprint density at radius 3 is 1.56 bits per heavy atom. The highest BCUT2D eigenvalue weighted by Gasteiger charge is 2.23. The molecule has 334 valence electrons. The van der Waals surface area contributed by atoms with Gasteiger partial charge >= 0.3 is 0 Å². The number of aromatic nitrogens is 10. The minimum absolute atomic E-state index is 0.0382. The van der Waals surface area contributed by atoms with E-state index in [1.807, 2.05) is 81.4 Å². The number of ether oxygens (including phenoxy) is 2. The highest BCUT2D eigenvalue weighted by atomic mass is 35.5. The molecular formula is C43H52Cl4N10O4Si2. The van der Waals surface area contributed by atoms with Gasteiger partial charge in [0.05, 0.1) is 31.9 Å². The van der Waals surface area contributed by atoms with E-state index in [1.165, 1.54) is 4.57 Å². The van der Waals surface area contributed by atoms with Crippen LogP contribution in [0.15, 0.2) is 58.6 Å². The topological polar surface area (TPSA) is 145 Å². The van der Waals surface area contributed by atoms with Crippen molar-refractivity contribution < 1.29 is 9.47 Å². The van der Waals surface area contributed by atoms with Crippen molar-refractivity contribution in [2.24, 2.45) is 7.05 Å². The Labute approximate surface area is 386 Å². The molecule has 20 heteroatoms. The SMILES string of the molecule is CCn1cc2c(Cl)c(-c3cn(COCC[Si](C)(C)C)c4nc(Cl)[nH]c(=O)c34)ccc2n1.CCn1cc2c(Cl)c(-c3cn(COCC[Si](C)(C)C)c4nc(Cl)n(C)c(=O)c34)ccc2n1. The number of aromatic amines is 1. The summed E-state index contributed by atoms with van der Waals surface area (Å²) in [6.45, 7) is 21.3. The van der Waals surface area contributed by atoms with Crippen LogP contribution < -0.4 is 11.1 Å². The molecule has 0 saturated carbocycles. The van der Waals surface area contributed by atoms with Crippen molar-refractivity contribution in [2.45, 2.75) is 91.8 Å². The first-order valence-corrected chi connectivity index (χ1v) is 29.7. The van der Waals surface area contributed by atoms with Gasteiger partial charge in [-0.25, -0.2) is 9.97 Å². The molecule has 0 bridgehead atoms. The number of hydrogen-bond donors (Lipinski definition) is 1. The summed E-state index contributed by atoms with van der Waals surface area (Å²) in [5, 5.41) is 12.9. The normalized spacial score (nSPS) is 12.3. The average molecular weight is 971 g/mol. The summed E-state index contributed by atoms with van der Waals surface area (Å²) in [4.78, 5) is 37.4. The second-order valence-electron chi connectivity index (χ2n) is 17.9. The van der Waals surface area contributed by atoms with Gasteiger partial charge in [0.1, 0.15) is 13.5 Å². The number of H-pyrrole nitrogens is 1. The maximum Gasteiger partial charge on any atom is 0.264 e. The summed E-state index contributed by atoms with van der Waals surface area (Å²) in [5.74, 6) is 0. The first kappa shape index (κ1) is 46.7. The van der Waals surface area contributed by atoms with Crippen molar-refractivity contribution in [3.8, 4) is 22.3 Å². The summed E-state index contributed by atoms with van der Waals surface area (Å²) < 4.78 is 20.5. The van der Waals surface area contributed by atoms with E-state index in [0.717, 1.165) is 58.1 Å². The lowest BCUT2D eigenvalue weighted by atomic mass is 10.0. The fourth-order valence-corrected chi connectivity index (χ4v) is 9.56. The summed E-state index contributed by atoms with van der Waals surface area (Å²) in [7, 11) is -0.797. The second-order valence-corrected chi connectivity index (χ2v) is 30.6. The predicted octanol–water partition coefficient (Wildman–Crippen LogP) is 10.8. The van der Waals surface area contributed by atoms with E-state index >= 15 is 0 Å². The Hall–Kier alpha value is -4.27. The van der Waals surface area contributed by atoms with Crippen LogP contribution in [0.5, 0.6) is 0 Å². The summed E-state index contributed by atoms with van der Waals surface area (Å²) in [6, 6.07) is 9.72. The number of aryl methyl sites for hydroxylation is 2. The van der Waals surface area contributed by atoms with Gasteiger partial charge in [0.2, 0.25) is 10.6 Å². The second kappa shape index (κ2) is 18.7. The Kier molecular flexibility index (Phi) is 13.9. The van der Waals surface area contributed by atoms with E-state index in [9.17, 15) is 9.59 Å². The zero-order chi connectivity index (χ0) is 45.5. The van der Waals surface area contributed by atoms with E-state index in [4.69, 9.17) is 55.9 Å². The maximum atomic E-state index is 13.2. The molecule has 14 nitrogen and oxygen atoms in total. The zero-order valence-corrected chi connectivity index (χ0v) is 42.0. The van der Waals surface area contributed by atoms with Gasteiger partial charge in [0.15, 0.2) is 11.3 Å². The van der Waals surface area contributed by atoms with E-state index in [2.05, 4.69) is 64.4 Å². The monoisotopic (exact) mass is 968 g/mol. The van der Waals surface area contributed by atoms with Gasteiger partial charge in [0.25, 0.3) is 11.1 Å². The first-order chi connectivity index (χ1) is 29.8. The molecule has 0 saturated heterocycles. The third-order valence-electron chi connectivity index (χ3n) is 10.8. The minimum Gasteiger partial charge on any atom is -0.361 e. The molecule has 0 spiro atoms. The highest BCUT2D eigenvalue weighted by Crippen LogP contribution is 2.39. The molecule has 0 amide bonds. The van der Waals surface area contributed by atoms with Crippen LogP contribution in [-0.4, -0.2) is 77.6 Å². The van der Waals surface area contributed by atoms with E-state index in [1.54, 1.807) is 7.05 Å². The predicted molar refractivity (Wildman–Crippen MR) is 262 cm³/mol. The van der Waals surface area contributed by atoms with Crippen molar-refractivity contribution in [2.75, 3.05) is 13.2 Å². The van der Waals surface area contributed by atoms with Crippen LogP contribution in [0.25, 0.3) is 66.1 Å². The Morgan fingerprint density at radius 2 is 1.10 bits per heavy atom. The zero-order valence-electron chi connectivity index (χ0n) is 36.9. The molecule has 1 N–H and O–H groups in total. The molecule has 0 aliphatic carbocycles. The molecule has 0 atom stereocenters. The molecule has 6 heterocycles. The number of nitrogens with zero attached hydrogens (tertiary/aromatic N) is 9. The molecule has 0 aliphatic rings. The fraction of sp³-hybridized carbons (Fsp3) is 0.395. The fourth-order valence-electron chi connectivity index (χ4n) is 7.10. The van der Waals surface area contributed by atoms with Gasteiger partial charge in [-0.15, -0.1) is 0 Å². The number of hydrogen-bond acceptors (Lipinski definition) is 8. The number of nitrogens with one attached hydrogen (secondary N) is 1. The summed E-state index contributed by atoms with van der Waals surface area (Å²) in [6.07, 6.45) is 7.57. The van der Waals surface area contributed by atoms with E-state index in [0.29, 0.717) is 56.5 Å². The largest absolute Gasteiger partial charge is 0.361 e. The number of benzene rings is 2. The lowest BCUT2D eigenvalue weighted by molar-refractivity contribution is 0.0898. The van der Waals surface area contributed by atoms with Gasteiger partial charge < -0.3 is 18.6 Å². The molecule has 8 aromatic rings. The van der Waals surface area contributed by atoms with Crippen molar-refractivity contribution in [1.82, 2.24) is 48.2 Å². The molecule has 0 fully saturated rings. The van der Waals surface area contributed by atoms with Crippen LogP contribution >= 0.6 is 46.4 Å². The molecule has 0 aliphatic heterocycles. The summed E-state index contributed by atoms with van der Waals surface area (Å²) >= 11 is 25.9. The number of rotatable bonds is 14. The molecule has 2 aromatic carbocycles. The lowest BCUT2D eigenvalue weighted by Gasteiger charge is -2.15. The molecular weight excluding hydrogens is 919 g/mol. The van der Waals surface area contributed by atoms with E-state index < -0.39 is 16.1 Å². The Bertz CT molecular complexity index is 3100. The van der Waals surface area contributed by atoms with Crippen LogP contribution in [0.3, 0.4) is 0 Å². The number of fused-ring (bicyclic) bond motifs is 4. The molecule has 8 rings (SSSR count). The third-order valence-corrected chi connectivity index (χ3v) is 15.5. The Balaban J connectivity index is 0.000000189. The van der Waals surface area contributed by atoms with Crippen LogP contribution in [0, 0.1) is 0 Å². The van der Waals surface area contributed by atoms with Gasteiger partial charge in [-0.2, -0.15) is 10.2 Å². The smallest absolute Gasteiger partial charge is 0.264 e. The third kappa shape index (κ3) is 10.0. The molecule has 0 unspecified atom stereocenters. The Morgan fingerprint density at radius 1 is 0.635 bits per heavy atom. The van der Waals surface area contributed by atoms with Gasteiger partial charge in [0, 0.05) is 107 Å². The van der Waals surface area contributed by atoms with Gasteiger partial charge in [-0.05, 0) is 61.3 Å². The molecule has 6 aromatic heterocycles. The minimum atomic E-state index is -1.21. The standard InChI is InChI=1S/C22H27Cl2N5O2Si.C21H25Cl2N5O2Si/c1-6-29-12-16-17(26-29)8-7-14(19(16)23)15-11-28(13-31-9-10-32(3,4)5)20-18(15)21(30)27(2)22(24)25-20;1-5-28-11-15-16(26-28)7-6-13(18(15)22)14-10-27(12-30-8-9-31(2,3)4)19-17(14)20(29)25-21(23)24-19/h7-8,11-12H,6,9-10,13H2,1-5H3;6-7,10-11H,5,8-9,12H2,1-4H3,(H,24,25,29). The van der Waals surface area contributed by atoms with E-state index in [-0.39, 0.29) is 35.1 Å².